The molecule has 12 heteroatoms. The molecular formula is C40H44N6O5S. The molecule has 1 aliphatic heterocycles. The van der Waals surface area contributed by atoms with Gasteiger partial charge in [-0.3, -0.25) is 14.9 Å². The molecule has 2 aromatic heterocycles. The fraction of sp³-hybridized carbons (Fsp3) is 0.325. The van der Waals surface area contributed by atoms with E-state index in [1.54, 1.807) is 11.3 Å². The lowest BCUT2D eigenvalue weighted by Crippen LogP contribution is -2.49. The predicted molar refractivity (Wildman–Crippen MR) is 205 cm³/mol. The molecule has 2 N–H and O–H groups in total. The number of thiophene rings is 1. The Balaban J connectivity index is 1.15. The Morgan fingerprint density at radius 1 is 0.865 bits per heavy atom. The van der Waals surface area contributed by atoms with Gasteiger partial charge in [-0.25, -0.2) is 9.78 Å². The number of amides is 3. The third-order valence-corrected chi connectivity index (χ3v) is 9.79. The molecule has 1 atom stereocenters. The summed E-state index contributed by atoms with van der Waals surface area (Å²) < 4.78 is 11.3. The molecule has 0 saturated carbocycles. The molecule has 0 bridgehead atoms. The Kier molecular flexibility index (Phi) is 11.5. The first-order valence-electron chi connectivity index (χ1n) is 17.5. The van der Waals surface area contributed by atoms with Crippen LogP contribution in [-0.4, -0.2) is 77.2 Å². The van der Waals surface area contributed by atoms with Crippen LogP contribution in [0.4, 0.5) is 16.6 Å². The second-order valence-corrected chi connectivity index (χ2v) is 14.7. The van der Waals surface area contributed by atoms with E-state index in [2.05, 4.69) is 40.7 Å². The molecule has 3 heterocycles. The summed E-state index contributed by atoms with van der Waals surface area (Å²) in [6.45, 7) is 9.80. The number of alkyl carbamates (subject to hydrolysis) is 1. The lowest BCUT2D eigenvalue weighted by Gasteiger charge is -2.35. The Labute approximate surface area is 308 Å². The maximum atomic E-state index is 13.7. The summed E-state index contributed by atoms with van der Waals surface area (Å²) in [5.41, 5.74) is 3.08. The zero-order valence-corrected chi connectivity index (χ0v) is 30.7. The molecule has 3 aromatic carbocycles. The van der Waals surface area contributed by atoms with Crippen molar-refractivity contribution >= 4 is 51.2 Å². The van der Waals surface area contributed by atoms with Gasteiger partial charge in [-0.2, -0.15) is 4.98 Å². The third kappa shape index (κ3) is 9.31. The van der Waals surface area contributed by atoms with Gasteiger partial charge >= 0.3 is 6.09 Å². The zero-order valence-electron chi connectivity index (χ0n) is 29.9. The molecule has 0 radical (unpaired) electrons. The van der Waals surface area contributed by atoms with Crippen LogP contribution in [0.1, 0.15) is 48.5 Å². The van der Waals surface area contributed by atoms with Crippen molar-refractivity contribution in [1.82, 2.24) is 20.2 Å². The lowest BCUT2D eigenvalue weighted by molar-refractivity contribution is -0.121. The average molecular weight is 721 g/mol. The fourth-order valence-electron chi connectivity index (χ4n) is 5.79. The van der Waals surface area contributed by atoms with Crippen LogP contribution in [0, 0.1) is 0 Å². The van der Waals surface area contributed by atoms with Crippen molar-refractivity contribution in [1.29, 1.82) is 0 Å². The highest BCUT2D eigenvalue weighted by atomic mass is 32.1. The van der Waals surface area contributed by atoms with E-state index in [1.165, 1.54) is 0 Å². The third-order valence-electron chi connectivity index (χ3n) is 8.62. The van der Waals surface area contributed by atoms with E-state index in [-0.39, 0.29) is 25.1 Å². The number of anilines is 2. The minimum Gasteiger partial charge on any atom is -0.445 e. The highest BCUT2D eigenvalue weighted by Gasteiger charge is 2.28. The molecule has 0 unspecified atom stereocenters. The van der Waals surface area contributed by atoms with Gasteiger partial charge in [0, 0.05) is 36.6 Å². The number of ether oxygens (including phenoxy) is 2. The molecule has 0 aliphatic carbocycles. The molecule has 1 fully saturated rings. The first-order chi connectivity index (χ1) is 25.1. The highest BCUT2D eigenvalue weighted by Crippen LogP contribution is 2.33. The molecule has 0 spiro atoms. The minimum atomic E-state index is -1.07. The minimum absolute atomic E-state index is 0.0119. The van der Waals surface area contributed by atoms with Crippen LogP contribution < -0.4 is 15.5 Å². The van der Waals surface area contributed by atoms with Crippen LogP contribution in [0.5, 0.6) is 0 Å². The van der Waals surface area contributed by atoms with Gasteiger partial charge in [0.1, 0.15) is 23.3 Å². The quantitative estimate of drug-likeness (QED) is 0.151. The summed E-state index contributed by atoms with van der Waals surface area (Å²) in [5.74, 6) is 0.261. The number of aromatic nitrogens is 2. The van der Waals surface area contributed by atoms with E-state index in [0.717, 1.165) is 38.2 Å². The van der Waals surface area contributed by atoms with Gasteiger partial charge in [0.25, 0.3) is 11.8 Å². The van der Waals surface area contributed by atoms with Crippen LogP contribution >= 0.6 is 11.3 Å². The average Bonchev–Trinajstić information content (AvgIpc) is 3.59. The van der Waals surface area contributed by atoms with Gasteiger partial charge in [-0.05, 0) is 62.1 Å². The fourth-order valence-corrected chi connectivity index (χ4v) is 6.75. The summed E-state index contributed by atoms with van der Waals surface area (Å²) in [4.78, 5) is 55.3. The number of piperazine rings is 1. The Hall–Kier alpha value is -5.33. The number of aryl methyl sites for hydroxylation is 1. The number of nitrogens with zero attached hydrogens (tertiary/aromatic N) is 4. The number of fused-ring (bicyclic) bond motifs is 1. The van der Waals surface area contributed by atoms with E-state index >= 15 is 0 Å². The molecule has 1 saturated heterocycles. The summed E-state index contributed by atoms with van der Waals surface area (Å²) in [5, 5.41) is 6.37. The summed E-state index contributed by atoms with van der Waals surface area (Å²) >= 11 is 1.55. The van der Waals surface area contributed by atoms with Gasteiger partial charge in [0.15, 0.2) is 0 Å². The largest absolute Gasteiger partial charge is 0.445 e. The molecule has 270 valence electrons. The predicted octanol–water partition coefficient (Wildman–Crippen LogP) is 6.93. The normalized spacial score (nSPS) is 13.8. The molecule has 11 nitrogen and oxygen atoms in total. The SMILES string of the molecule is CCc1cc2c(N3CCN(C(=O)c4ccc(-c5ccccc5)cc4)CC3)nc(NC(=O)[C@H](COC(C)(C)C)NC(=O)OCc3ccccc3)nc2s1. The van der Waals surface area contributed by atoms with Gasteiger partial charge in [-0.15, -0.1) is 11.3 Å². The Bertz CT molecular complexity index is 1990. The topological polar surface area (TPSA) is 126 Å². The van der Waals surface area contributed by atoms with Crippen molar-refractivity contribution in [2.75, 3.05) is 43.0 Å². The van der Waals surface area contributed by atoms with Gasteiger partial charge in [0.2, 0.25) is 5.95 Å². The number of benzene rings is 3. The maximum absolute atomic E-state index is 13.7. The van der Waals surface area contributed by atoms with Crippen LogP contribution in [0.2, 0.25) is 0 Å². The van der Waals surface area contributed by atoms with Crippen molar-refractivity contribution < 1.29 is 23.9 Å². The Morgan fingerprint density at radius 3 is 2.17 bits per heavy atom. The summed E-state index contributed by atoms with van der Waals surface area (Å²) in [7, 11) is 0. The first-order valence-corrected chi connectivity index (χ1v) is 18.3. The van der Waals surface area contributed by atoms with E-state index < -0.39 is 23.6 Å². The number of hydrogen-bond acceptors (Lipinski definition) is 9. The van der Waals surface area contributed by atoms with Crippen molar-refractivity contribution in [3.05, 3.63) is 107 Å². The summed E-state index contributed by atoms with van der Waals surface area (Å²) in [6.07, 6.45) is 0.0818. The molecule has 1 aliphatic rings. The maximum Gasteiger partial charge on any atom is 0.408 e. The molecule has 6 rings (SSSR count). The van der Waals surface area contributed by atoms with Crippen LogP contribution in [0.3, 0.4) is 0 Å². The number of carbonyl (C=O) groups is 3. The van der Waals surface area contributed by atoms with Crippen molar-refractivity contribution in [2.24, 2.45) is 0 Å². The molecular weight excluding hydrogens is 677 g/mol. The molecule has 3 amide bonds. The van der Waals surface area contributed by atoms with E-state index in [0.29, 0.717) is 37.6 Å². The second-order valence-electron chi connectivity index (χ2n) is 13.5. The van der Waals surface area contributed by atoms with Crippen molar-refractivity contribution in [3.8, 4) is 11.1 Å². The summed E-state index contributed by atoms with van der Waals surface area (Å²) in [6, 6.07) is 28.1. The van der Waals surface area contributed by atoms with Crippen LogP contribution in [0.15, 0.2) is 91.0 Å². The Morgan fingerprint density at radius 2 is 1.52 bits per heavy atom. The number of carbonyl (C=O) groups excluding carboxylic acids is 3. The van der Waals surface area contributed by atoms with Gasteiger partial charge < -0.3 is 24.6 Å². The first kappa shape index (κ1) is 36.5. The van der Waals surface area contributed by atoms with E-state index in [9.17, 15) is 14.4 Å². The van der Waals surface area contributed by atoms with E-state index in [1.807, 2.05) is 98.5 Å². The highest BCUT2D eigenvalue weighted by molar-refractivity contribution is 7.18. The smallest absolute Gasteiger partial charge is 0.408 e. The standard InChI is InChI=1S/C40H44N6O5S/c1-5-31-24-32-34(45-20-22-46(23-21-45)37(48)30-18-16-29(17-19-30)28-14-10-7-11-15-28)42-38(44-36(32)52-31)43-35(47)33(26-51-40(2,3)4)41-39(49)50-25-27-12-8-6-9-13-27/h6-19,24,33H,5,20-23,25-26H2,1-4H3,(H,41,49)(H,42,43,44,47)/t33-/m0/s1. The molecule has 52 heavy (non-hydrogen) atoms. The number of nitrogens with one attached hydrogen (secondary N) is 2. The van der Waals surface area contributed by atoms with Crippen LogP contribution in [-0.2, 0) is 27.3 Å². The van der Waals surface area contributed by atoms with Crippen molar-refractivity contribution in [3.63, 3.8) is 0 Å². The number of rotatable bonds is 11. The van der Waals surface area contributed by atoms with Crippen molar-refractivity contribution in [2.45, 2.75) is 52.4 Å². The lowest BCUT2D eigenvalue weighted by atomic mass is 10.0. The van der Waals surface area contributed by atoms with Gasteiger partial charge in [-0.1, -0.05) is 79.7 Å². The molecule has 5 aromatic rings. The van der Waals surface area contributed by atoms with Crippen LogP contribution in [0.25, 0.3) is 21.3 Å². The zero-order chi connectivity index (χ0) is 36.7. The van der Waals surface area contributed by atoms with E-state index in [4.69, 9.17) is 19.4 Å². The monoisotopic (exact) mass is 720 g/mol. The van der Waals surface area contributed by atoms with Gasteiger partial charge in [0.05, 0.1) is 17.6 Å². The number of hydrogen-bond donors (Lipinski definition) is 2. The second kappa shape index (κ2) is 16.3.